The maximum Gasteiger partial charge on any atom is 0.337 e. The Labute approximate surface area is 190 Å². The van der Waals surface area contributed by atoms with Gasteiger partial charge in [-0.2, -0.15) is 5.26 Å². The first kappa shape index (κ1) is 21.9. The summed E-state index contributed by atoms with van der Waals surface area (Å²) in [7, 11) is 0. The minimum absolute atomic E-state index is 0.00650. The first-order valence-electron chi connectivity index (χ1n) is 10.1. The highest BCUT2D eigenvalue weighted by molar-refractivity contribution is 6.33. The van der Waals surface area contributed by atoms with Crippen LogP contribution in [0.15, 0.2) is 52.5 Å². The van der Waals surface area contributed by atoms with Crippen molar-refractivity contribution in [2.45, 2.75) is 25.2 Å². The number of nitrogens with two attached hydrogens (primary N) is 1. The summed E-state index contributed by atoms with van der Waals surface area (Å²) < 4.78 is 5.97. The van der Waals surface area contributed by atoms with Gasteiger partial charge in [0, 0.05) is 23.4 Å². The van der Waals surface area contributed by atoms with Crippen molar-refractivity contribution in [1.29, 1.82) is 5.26 Å². The van der Waals surface area contributed by atoms with Crippen LogP contribution >= 0.6 is 11.6 Å². The molecule has 2 aliphatic rings. The average molecular weight is 449 g/mol. The molecule has 1 aromatic heterocycles. The Morgan fingerprint density at radius 3 is 2.84 bits per heavy atom. The number of carbonyl (C=O) groups is 1. The van der Waals surface area contributed by atoms with Gasteiger partial charge in [0.2, 0.25) is 0 Å². The molecule has 1 aliphatic carbocycles. The van der Waals surface area contributed by atoms with E-state index < -0.39 is 24.1 Å². The van der Waals surface area contributed by atoms with Gasteiger partial charge >= 0.3 is 5.97 Å². The van der Waals surface area contributed by atoms with Crippen LogP contribution in [0, 0.1) is 35.7 Å². The van der Waals surface area contributed by atoms with Crippen molar-refractivity contribution in [2.24, 2.45) is 23.5 Å². The van der Waals surface area contributed by atoms with Gasteiger partial charge in [0.15, 0.2) is 0 Å². The van der Waals surface area contributed by atoms with E-state index in [0.29, 0.717) is 22.7 Å². The van der Waals surface area contributed by atoms with Crippen LogP contribution in [0.4, 0.5) is 0 Å². The standard InChI is InChI=1S/C24H21ClN4O3/c1-11-15(20-12(2)21(28-3)23(27)29-22(20)17(11)10-26)9-14-5-7-19(32-14)13-4-6-18(25)16(8-13)24(30)31/h4-9,12,17,20-23,29H,1,27H2,2H3,(H,30,31). The Balaban J connectivity index is 1.71. The summed E-state index contributed by atoms with van der Waals surface area (Å²) in [5, 5.41) is 22.4. The van der Waals surface area contributed by atoms with Crippen LogP contribution in [-0.4, -0.2) is 29.3 Å². The molecule has 8 heteroatoms. The fourth-order valence-corrected chi connectivity index (χ4v) is 5.01. The smallest absolute Gasteiger partial charge is 0.337 e. The van der Waals surface area contributed by atoms with E-state index in [1.54, 1.807) is 18.2 Å². The van der Waals surface area contributed by atoms with Gasteiger partial charge in [-0.15, -0.1) is 0 Å². The Hall–Kier alpha value is -3.36. The maximum absolute atomic E-state index is 11.4. The molecule has 162 valence electrons. The third-order valence-corrected chi connectivity index (χ3v) is 6.73. The SMILES string of the molecule is [C-]#[N+]C1C(N)NC2C(C#N)C(=C)C(=Cc3ccc(-c4ccc(Cl)c(C(=O)O)c4)o3)C2C1C. The number of aromatic carboxylic acids is 1. The summed E-state index contributed by atoms with van der Waals surface area (Å²) in [6, 6.07) is 9.89. The molecule has 0 amide bonds. The third-order valence-electron chi connectivity index (χ3n) is 6.40. The van der Waals surface area contributed by atoms with Gasteiger partial charge in [-0.1, -0.05) is 25.1 Å². The molecular formula is C24H21ClN4O3. The summed E-state index contributed by atoms with van der Waals surface area (Å²) in [6.45, 7) is 13.7. The van der Waals surface area contributed by atoms with E-state index in [0.717, 1.165) is 5.57 Å². The van der Waals surface area contributed by atoms with Crippen molar-refractivity contribution < 1.29 is 14.3 Å². The van der Waals surface area contributed by atoms with E-state index in [1.165, 1.54) is 12.1 Å². The number of nitriles is 1. The average Bonchev–Trinajstić information content (AvgIpc) is 3.31. The summed E-state index contributed by atoms with van der Waals surface area (Å²) in [4.78, 5) is 15.1. The largest absolute Gasteiger partial charge is 0.478 e. The van der Waals surface area contributed by atoms with Gasteiger partial charge in [-0.05, 0) is 47.6 Å². The van der Waals surface area contributed by atoms with E-state index in [4.69, 9.17) is 28.3 Å². The zero-order chi connectivity index (χ0) is 23.2. The second-order valence-corrected chi connectivity index (χ2v) is 8.56. The van der Waals surface area contributed by atoms with Crippen LogP contribution in [0.1, 0.15) is 23.0 Å². The van der Waals surface area contributed by atoms with Crippen molar-refractivity contribution >= 4 is 23.6 Å². The molecule has 0 spiro atoms. The van der Waals surface area contributed by atoms with Crippen molar-refractivity contribution in [1.82, 2.24) is 5.32 Å². The number of benzene rings is 1. The van der Waals surface area contributed by atoms with Crippen LogP contribution < -0.4 is 11.1 Å². The van der Waals surface area contributed by atoms with E-state index in [9.17, 15) is 15.2 Å². The molecule has 2 heterocycles. The van der Waals surface area contributed by atoms with Crippen LogP contribution in [-0.2, 0) is 0 Å². The first-order chi connectivity index (χ1) is 15.3. The Bertz CT molecular complexity index is 1220. The first-order valence-corrected chi connectivity index (χ1v) is 10.5. The second kappa shape index (κ2) is 8.29. The summed E-state index contributed by atoms with van der Waals surface area (Å²) in [5.41, 5.74) is 8.29. The molecule has 1 saturated heterocycles. The maximum atomic E-state index is 11.4. The van der Waals surface area contributed by atoms with Gasteiger partial charge in [-0.3, -0.25) is 5.32 Å². The van der Waals surface area contributed by atoms with Crippen molar-refractivity contribution in [3.63, 3.8) is 0 Å². The van der Waals surface area contributed by atoms with E-state index >= 15 is 0 Å². The number of hydrogen-bond donors (Lipinski definition) is 3. The van der Waals surface area contributed by atoms with Crippen LogP contribution in [0.25, 0.3) is 22.2 Å². The number of nitrogens with zero attached hydrogens (tertiary/aromatic N) is 2. The van der Waals surface area contributed by atoms with Crippen LogP contribution in [0.2, 0.25) is 5.02 Å². The number of carboxylic acid groups (broad SMARTS) is 1. The number of hydrogen-bond acceptors (Lipinski definition) is 5. The Kier molecular flexibility index (Phi) is 5.66. The highest BCUT2D eigenvalue weighted by atomic mass is 35.5. The highest BCUT2D eigenvalue weighted by Gasteiger charge is 2.54. The van der Waals surface area contributed by atoms with Gasteiger partial charge < -0.3 is 20.1 Å². The number of piperidine rings is 1. The summed E-state index contributed by atoms with van der Waals surface area (Å²) in [6.07, 6.45) is 1.35. The number of halogens is 1. The molecule has 0 radical (unpaired) electrons. The molecule has 1 saturated carbocycles. The lowest BCUT2D eigenvalue weighted by atomic mass is 9.76. The quantitative estimate of drug-likeness (QED) is 0.606. The normalized spacial score (nSPS) is 30.5. The third kappa shape index (κ3) is 3.51. The number of furan rings is 1. The van der Waals surface area contributed by atoms with Crippen molar-refractivity contribution in [3.05, 3.63) is 75.8 Å². The van der Waals surface area contributed by atoms with Gasteiger partial charge in [-0.25, -0.2) is 11.4 Å². The molecule has 6 atom stereocenters. The molecule has 1 aromatic carbocycles. The fourth-order valence-electron chi connectivity index (χ4n) is 4.81. The molecule has 7 nitrogen and oxygen atoms in total. The van der Waals surface area contributed by atoms with Crippen molar-refractivity contribution in [2.75, 3.05) is 0 Å². The lowest BCUT2D eigenvalue weighted by Gasteiger charge is -2.37. The molecule has 4 rings (SSSR count). The molecule has 2 aromatic rings. The van der Waals surface area contributed by atoms with Gasteiger partial charge in [0.05, 0.1) is 22.6 Å². The minimum Gasteiger partial charge on any atom is -0.478 e. The number of fused-ring (bicyclic) bond motifs is 1. The predicted octanol–water partition coefficient (Wildman–Crippen LogP) is 4.19. The number of rotatable bonds is 3. The lowest BCUT2D eigenvalue weighted by Crippen LogP contribution is -2.61. The molecule has 4 N–H and O–H groups in total. The van der Waals surface area contributed by atoms with Gasteiger partial charge in [0.25, 0.3) is 6.04 Å². The second-order valence-electron chi connectivity index (χ2n) is 8.16. The highest BCUT2D eigenvalue weighted by Crippen LogP contribution is 2.48. The van der Waals surface area contributed by atoms with E-state index in [-0.39, 0.29) is 28.5 Å². The summed E-state index contributed by atoms with van der Waals surface area (Å²) >= 11 is 5.96. The van der Waals surface area contributed by atoms with Crippen LogP contribution in [0.5, 0.6) is 0 Å². The fraction of sp³-hybridized carbons (Fsp3) is 0.292. The van der Waals surface area contributed by atoms with Crippen LogP contribution in [0.3, 0.4) is 0 Å². The van der Waals surface area contributed by atoms with Gasteiger partial charge in [0.1, 0.15) is 17.7 Å². The Morgan fingerprint density at radius 1 is 1.44 bits per heavy atom. The molecule has 32 heavy (non-hydrogen) atoms. The topological polar surface area (TPSA) is 117 Å². The zero-order valence-corrected chi connectivity index (χ0v) is 18.0. The molecule has 1 aliphatic heterocycles. The summed E-state index contributed by atoms with van der Waals surface area (Å²) in [5.74, 6) is -0.707. The number of nitrogens with one attached hydrogen (secondary N) is 1. The molecule has 6 unspecified atom stereocenters. The van der Waals surface area contributed by atoms with Crippen molar-refractivity contribution in [3.8, 4) is 17.4 Å². The Morgan fingerprint density at radius 2 is 2.19 bits per heavy atom. The molecule has 2 fully saturated rings. The minimum atomic E-state index is -1.12. The van der Waals surface area contributed by atoms with E-state index in [1.807, 2.05) is 13.0 Å². The lowest BCUT2D eigenvalue weighted by molar-refractivity contribution is 0.0697. The molecule has 0 bridgehead atoms. The van der Waals surface area contributed by atoms with E-state index in [2.05, 4.69) is 22.8 Å². The predicted molar refractivity (Wildman–Crippen MR) is 120 cm³/mol. The number of carboxylic acids is 1. The zero-order valence-electron chi connectivity index (χ0n) is 17.2. The molecular weight excluding hydrogens is 428 g/mol. The monoisotopic (exact) mass is 448 g/mol.